The van der Waals surface area contributed by atoms with Gasteiger partial charge in [0.2, 0.25) is 0 Å². The first kappa shape index (κ1) is 18.7. The van der Waals surface area contributed by atoms with E-state index in [2.05, 4.69) is 0 Å². The Bertz CT molecular complexity index is 791. The zero-order valence-electron chi connectivity index (χ0n) is 15.6. The van der Waals surface area contributed by atoms with E-state index in [1.807, 2.05) is 52.8 Å². The Hall–Kier alpha value is -1.68. The van der Waals surface area contributed by atoms with Gasteiger partial charge in [-0.2, -0.15) is 0 Å². The molecule has 0 radical (unpaired) electrons. The topological polar surface area (TPSA) is 43.4 Å². The molecule has 2 aromatic rings. The largest absolute Gasteiger partial charge is 0.497 e. The molecule has 4 heteroatoms. The number of fused-ring (bicyclic) bond motifs is 1. The van der Waals surface area contributed by atoms with Gasteiger partial charge in [0.15, 0.2) is 5.78 Å². The summed E-state index contributed by atoms with van der Waals surface area (Å²) in [6.07, 6.45) is 0.548. The van der Waals surface area contributed by atoms with E-state index in [9.17, 15) is 9.59 Å². The maximum absolute atomic E-state index is 13.0. The lowest BCUT2D eigenvalue weighted by Crippen LogP contribution is -2.26. The van der Waals surface area contributed by atoms with Crippen LogP contribution in [0.2, 0.25) is 0 Å². The molecule has 0 aliphatic rings. The van der Waals surface area contributed by atoms with Gasteiger partial charge in [-0.1, -0.05) is 34.6 Å². The van der Waals surface area contributed by atoms with E-state index in [-0.39, 0.29) is 11.6 Å². The molecule has 24 heavy (non-hydrogen) atoms. The van der Waals surface area contributed by atoms with Crippen molar-refractivity contribution in [2.45, 2.75) is 48.0 Å². The van der Waals surface area contributed by atoms with Crippen LogP contribution in [0.1, 0.15) is 56.8 Å². The minimum atomic E-state index is -0.510. The first-order chi connectivity index (χ1) is 11.0. The molecule has 0 unspecified atom stereocenters. The summed E-state index contributed by atoms with van der Waals surface area (Å²) in [4.78, 5) is 25.7. The average Bonchev–Trinajstić information content (AvgIpc) is 2.82. The summed E-state index contributed by atoms with van der Waals surface area (Å²) >= 11 is 1.51. The fourth-order valence-electron chi connectivity index (χ4n) is 2.52. The number of hydrogen-bond acceptors (Lipinski definition) is 4. The van der Waals surface area contributed by atoms with Crippen molar-refractivity contribution in [1.82, 2.24) is 0 Å². The van der Waals surface area contributed by atoms with E-state index in [0.717, 1.165) is 26.3 Å². The van der Waals surface area contributed by atoms with Crippen LogP contribution in [-0.4, -0.2) is 18.7 Å². The molecule has 130 valence electrons. The predicted octanol–water partition coefficient (Wildman–Crippen LogP) is 5.30. The number of carbonyl (C=O) groups excluding carboxylic acids is 2. The van der Waals surface area contributed by atoms with Crippen LogP contribution in [0.3, 0.4) is 0 Å². The van der Waals surface area contributed by atoms with Crippen LogP contribution in [0, 0.1) is 10.8 Å². The van der Waals surface area contributed by atoms with Crippen LogP contribution in [0.5, 0.6) is 5.75 Å². The second kappa shape index (κ2) is 6.32. The molecule has 0 atom stereocenters. The van der Waals surface area contributed by atoms with Gasteiger partial charge in [-0.15, -0.1) is 11.3 Å². The number of methoxy groups -OCH3 is 1. The molecule has 3 nitrogen and oxygen atoms in total. The number of Topliss-reactive ketones (excluding diaryl/α,β-unsaturated/α-hetero) is 2. The van der Waals surface area contributed by atoms with Gasteiger partial charge in [-0.3, -0.25) is 9.59 Å². The molecular formula is C20H26O3S. The third-order valence-corrected chi connectivity index (χ3v) is 5.67. The molecule has 0 N–H and O–H groups in total. The Morgan fingerprint density at radius 2 is 1.75 bits per heavy atom. The molecule has 0 fully saturated rings. The Kier molecular flexibility index (Phi) is 4.91. The highest BCUT2D eigenvalue weighted by Gasteiger charge is 2.32. The van der Waals surface area contributed by atoms with Crippen molar-refractivity contribution in [3.8, 4) is 5.75 Å². The number of thiophene rings is 1. The average molecular weight is 346 g/mol. The lowest BCUT2D eigenvalue weighted by atomic mass is 9.79. The molecule has 0 aliphatic heterocycles. The van der Waals surface area contributed by atoms with Crippen LogP contribution in [-0.2, 0) is 11.2 Å². The zero-order valence-corrected chi connectivity index (χ0v) is 16.4. The van der Waals surface area contributed by atoms with Gasteiger partial charge in [0.1, 0.15) is 11.5 Å². The van der Waals surface area contributed by atoms with Crippen molar-refractivity contribution in [2.24, 2.45) is 10.8 Å². The first-order valence-electron chi connectivity index (χ1n) is 8.12. The Morgan fingerprint density at radius 1 is 1.12 bits per heavy atom. The molecule has 0 spiro atoms. The summed E-state index contributed by atoms with van der Waals surface area (Å²) in [5.74, 6) is 1.01. The molecule has 1 aromatic heterocycles. The van der Waals surface area contributed by atoms with E-state index in [0.29, 0.717) is 6.42 Å². The summed E-state index contributed by atoms with van der Waals surface area (Å²) in [5.41, 5.74) is -0.00149. The molecule has 0 bridgehead atoms. The first-order valence-corrected chi connectivity index (χ1v) is 8.94. The third-order valence-electron chi connectivity index (χ3n) is 4.46. The zero-order chi connectivity index (χ0) is 18.3. The minimum absolute atomic E-state index is 0.122. The van der Waals surface area contributed by atoms with E-state index >= 15 is 0 Å². The van der Waals surface area contributed by atoms with E-state index in [1.165, 1.54) is 11.3 Å². The number of carbonyl (C=O) groups is 2. The fourth-order valence-corrected chi connectivity index (χ4v) is 3.87. The van der Waals surface area contributed by atoms with E-state index in [4.69, 9.17) is 4.74 Å². The highest BCUT2D eigenvalue weighted by molar-refractivity contribution is 7.21. The van der Waals surface area contributed by atoms with Crippen molar-refractivity contribution in [3.63, 3.8) is 0 Å². The molecule has 1 aromatic carbocycles. The Balaban J connectivity index is 2.70. The van der Waals surface area contributed by atoms with Gasteiger partial charge in [-0.25, -0.2) is 0 Å². The molecule has 0 amide bonds. The summed E-state index contributed by atoms with van der Waals surface area (Å²) < 4.78 is 6.40. The second-order valence-corrected chi connectivity index (χ2v) is 9.02. The molecule has 0 saturated carbocycles. The van der Waals surface area contributed by atoms with Gasteiger partial charge < -0.3 is 4.74 Å². The van der Waals surface area contributed by atoms with Crippen molar-refractivity contribution in [3.05, 3.63) is 28.6 Å². The lowest BCUT2D eigenvalue weighted by molar-refractivity contribution is -0.124. The minimum Gasteiger partial charge on any atom is -0.497 e. The molecular weight excluding hydrogens is 320 g/mol. The molecule has 0 aliphatic carbocycles. The fraction of sp³-hybridized carbons (Fsp3) is 0.500. The maximum Gasteiger partial charge on any atom is 0.178 e. The summed E-state index contributed by atoms with van der Waals surface area (Å²) in [6.45, 7) is 11.3. The van der Waals surface area contributed by atoms with Crippen molar-refractivity contribution in [2.75, 3.05) is 7.11 Å². The van der Waals surface area contributed by atoms with Crippen LogP contribution in [0.4, 0.5) is 0 Å². The number of rotatable bonds is 5. The van der Waals surface area contributed by atoms with Gasteiger partial charge >= 0.3 is 0 Å². The number of benzene rings is 1. The number of ether oxygens (including phenoxy) is 1. The predicted molar refractivity (Wildman–Crippen MR) is 100 cm³/mol. The SMILES string of the molecule is COc1ccc2sc(C(=O)C(C)(C)C)c(CC(C)(C)C(C)=O)c2c1. The number of hydrogen-bond donors (Lipinski definition) is 0. The summed E-state index contributed by atoms with van der Waals surface area (Å²) in [6, 6.07) is 5.86. The second-order valence-electron chi connectivity index (χ2n) is 7.97. The van der Waals surface area contributed by atoms with Gasteiger partial charge in [0.25, 0.3) is 0 Å². The van der Waals surface area contributed by atoms with Crippen molar-refractivity contribution >= 4 is 33.0 Å². The van der Waals surface area contributed by atoms with Crippen LogP contribution in [0.15, 0.2) is 18.2 Å². The quantitative estimate of drug-likeness (QED) is 0.690. The lowest BCUT2D eigenvalue weighted by Gasteiger charge is -2.23. The number of ketones is 2. The van der Waals surface area contributed by atoms with Gasteiger partial charge in [0.05, 0.1) is 12.0 Å². The summed E-state index contributed by atoms with van der Waals surface area (Å²) in [7, 11) is 1.63. The Morgan fingerprint density at radius 3 is 2.25 bits per heavy atom. The highest BCUT2D eigenvalue weighted by Crippen LogP contribution is 2.40. The van der Waals surface area contributed by atoms with Crippen molar-refractivity contribution in [1.29, 1.82) is 0 Å². The monoisotopic (exact) mass is 346 g/mol. The standard InChI is InChI=1S/C20H26O3S/c1-12(21)20(5,6)11-15-14-10-13(23-7)8-9-16(14)24-17(15)18(22)19(2,3)4/h8-10H,11H2,1-7H3. The summed E-state index contributed by atoms with van der Waals surface area (Å²) in [5, 5.41) is 1.02. The molecule has 1 heterocycles. The van der Waals surface area contributed by atoms with E-state index < -0.39 is 10.8 Å². The third kappa shape index (κ3) is 3.54. The van der Waals surface area contributed by atoms with Crippen LogP contribution < -0.4 is 4.74 Å². The smallest absolute Gasteiger partial charge is 0.178 e. The Labute approximate surface area is 148 Å². The molecule has 0 saturated heterocycles. The van der Waals surface area contributed by atoms with Gasteiger partial charge in [0, 0.05) is 20.9 Å². The van der Waals surface area contributed by atoms with Crippen LogP contribution >= 0.6 is 11.3 Å². The van der Waals surface area contributed by atoms with Crippen molar-refractivity contribution < 1.29 is 14.3 Å². The van der Waals surface area contributed by atoms with Crippen LogP contribution in [0.25, 0.3) is 10.1 Å². The maximum atomic E-state index is 13.0. The highest BCUT2D eigenvalue weighted by atomic mass is 32.1. The molecule has 2 rings (SSSR count). The van der Waals surface area contributed by atoms with E-state index in [1.54, 1.807) is 14.0 Å². The normalized spacial score (nSPS) is 12.5. The van der Waals surface area contributed by atoms with Gasteiger partial charge in [-0.05, 0) is 37.1 Å².